The maximum atomic E-state index is 11.3. The number of rotatable bonds is 2. The molecule has 4 amide bonds. The molecule has 1 saturated heterocycles. The Hall–Kier alpha value is -2.26. The average molecular weight is 270 g/mol. The topological polar surface area (TPSA) is 126 Å². The van der Waals surface area contributed by atoms with Gasteiger partial charge in [0, 0.05) is 0 Å². The van der Waals surface area contributed by atoms with Gasteiger partial charge in [0.05, 0.1) is 0 Å². The van der Waals surface area contributed by atoms with Crippen molar-refractivity contribution >= 4 is 35.0 Å². The van der Waals surface area contributed by atoms with E-state index in [1.54, 1.807) is 0 Å². The third kappa shape index (κ3) is 2.36. The van der Waals surface area contributed by atoms with Crippen LogP contribution in [0, 0.1) is 0 Å². The monoisotopic (exact) mass is 270 g/mol. The van der Waals surface area contributed by atoms with Gasteiger partial charge in [0.15, 0.2) is 0 Å². The molecule has 2 heterocycles. The first-order valence-electron chi connectivity index (χ1n) is 4.56. The van der Waals surface area contributed by atoms with Crippen LogP contribution in [-0.2, 0) is 20.7 Å². The van der Waals surface area contributed by atoms with Crippen molar-refractivity contribution in [3.63, 3.8) is 0 Å². The fourth-order valence-electron chi connectivity index (χ4n) is 1.25. The van der Waals surface area contributed by atoms with Gasteiger partial charge in [-0.3, -0.25) is 24.8 Å². The summed E-state index contributed by atoms with van der Waals surface area (Å²) in [6.07, 6.45) is 1.06. The highest BCUT2D eigenvalue weighted by Crippen LogP contribution is 2.15. The molecular weight excluding hydrogens is 264 g/mol. The molecule has 94 valence electrons. The summed E-state index contributed by atoms with van der Waals surface area (Å²) in [6, 6.07) is 1.64. The van der Waals surface area contributed by atoms with Gasteiger partial charge in [0.25, 0.3) is 11.8 Å². The number of barbiturate groups is 1. The van der Waals surface area contributed by atoms with Gasteiger partial charge in [0.1, 0.15) is 11.3 Å². The van der Waals surface area contributed by atoms with Gasteiger partial charge in [-0.2, -0.15) is 0 Å². The minimum absolute atomic E-state index is 0.0436. The Morgan fingerprint density at radius 2 is 1.78 bits per heavy atom. The molecule has 3 N–H and O–H groups in total. The lowest BCUT2D eigenvalue weighted by molar-refractivity contribution is -0.123. The zero-order valence-electron chi connectivity index (χ0n) is 8.63. The van der Waals surface area contributed by atoms with E-state index in [9.17, 15) is 18.6 Å². The number of hydrogen-bond donors (Lipinski definition) is 3. The van der Waals surface area contributed by atoms with Gasteiger partial charge >= 0.3 is 6.03 Å². The number of amides is 4. The van der Waals surface area contributed by atoms with Crippen LogP contribution in [0.4, 0.5) is 4.79 Å². The first-order valence-corrected chi connectivity index (χ1v) is 5.67. The largest absolute Gasteiger partial charge is 0.445 e. The third-order valence-electron chi connectivity index (χ3n) is 2.00. The molecule has 0 aliphatic carbocycles. The van der Waals surface area contributed by atoms with Crippen LogP contribution in [0.25, 0.3) is 6.08 Å². The highest BCUT2D eigenvalue weighted by atomic mass is 32.2. The summed E-state index contributed by atoms with van der Waals surface area (Å²) in [4.78, 5) is 33.5. The molecular formula is C9H6N2O6S. The van der Waals surface area contributed by atoms with Crippen molar-refractivity contribution in [1.29, 1.82) is 0 Å². The van der Waals surface area contributed by atoms with Gasteiger partial charge in [-0.1, -0.05) is 0 Å². The fourth-order valence-corrected chi connectivity index (χ4v) is 1.61. The zero-order valence-corrected chi connectivity index (χ0v) is 9.45. The second-order valence-electron chi connectivity index (χ2n) is 3.20. The summed E-state index contributed by atoms with van der Waals surface area (Å²) in [6.45, 7) is 0. The van der Waals surface area contributed by atoms with E-state index in [4.69, 9.17) is 8.97 Å². The van der Waals surface area contributed by atoms with Crippen LogP contribution < -0.4 is 10.6 Å². The summed E-state index contributed by atoms with van der Waals surface area (Å²) in [7, 11) is 0. The average Bonchev–Trinajstić information content (AvgIpc) is 2.71. The number of carbonyl (C=O) groups excluding carboxylic acids is 3. The molecule has 0 spiro atoms. The molecule has 0 radical (unpaired) electrons. The Bertz CT molecular complexity index is 580. The Morgan fingerprint density at radius 1 is 1.17 bits per heavy atom. The number of nitrogens with one attached hydrogen (secondary N) is 2. The molecule has 1 atom stereocenters. The summed E-state index contributed by atoms with van der Waals surface area (Å²) in [5.41, 5.74) is -0.334. The molecule has 0 aromatic carbocycles. The maximum absolute atomic E-state index is 11.3. The molecule has 1 fully saturated rings. The first-order chi connectivity index (χ1) is 8.47. The van der Waals surface area contributed by atoms with Crippen LogP contribution in [0.2, 0.25) is 0 Å². The van der Waals surface area contributed by atoms with Crippen LogP contribution >= 0.6 is 0 Å². The summed E-state index contributed by atoms with van der Waals surface area (Å²) >= 11 is -2.29. The van der Waals surface area contributed by atoms with Crippen molar-refractivity contribution in [1.82, 2.24) is 10.6 Å². The molecule has 18 heavy (non-hydrogen) atoms. The fraction of sp³-hybridized carbons (Fsp3) is 0. The highest BCUT2D eigenvalue weighted by Gasteiger charge is 2.28. The zero-order chi connectivity index (χ0) is 13.3. The van der Waals surface area contributed by atoms with E-state index in [1.807, 2.05) is 10.6 Å². The molecule has 1 aliphatic rings. The Morgan fingerprint density at radius 3 is 2.28 bits per heavy atom. The minimum Gasteiger partial charge on any atom is -0.445 e. The van der Waals surface area contributed by atoms with E-state index < -0.39 is 28.9 Å². The van der Waals surface area contributed by atoms with Gasteiger partial charge in [-0.05, 0) is 18.2 Å². The Kier molecular flexibility index (Phi) is 3.08. The summed E-state index contributed by atoms with van der Waals surface area (Å²) in [5.74, 6) is -1.69. The number of furan rings is 1. The van der Waals surface area contributed by atoms with Crippen LogP contribution in [0.1, 0.15) is 5.76 Å². The smallest absolute Gasteiger partial charge is 0.328 e. The molecule has 0 bridgehead atoms. The second-order valence-corrected chi connectivity index (χ2v) is 4.10. The Balaban J connectivity index is 2.31. The molecule has 0 saturated carbocycles. The van der Waals surface area contributed by atoms with Crippen molar-refractivity contribution in [3.05, 3.63) is 23.5 Å². The number of carbonyl (C=O) groups is 3. The Labute approximate surface area is 102 Å². The van der Waals surface area contributed by atoms with Crippen LogP contribution in [0.15, 0.2) is 27.2 Å². The third-order valence-corrected chi connectivity index (χ3v) is 2.57. The van der Waals surface area contributed by atoms with Crippen molar-refractivity contribution < 1.29 is 27.6 Å². The van der Waals surface area contributed by atoms with E-state index in [0.717, 1.165) is 6.08 Å². The lowest BCUT2D eigenvalue weighted by atomic mass is 10.1. The van der Waals surface area contributed by atoms with Gasteiger partial charge < -0.3 is 4.42 Å². The van der Waals surface area contributed by atoms with E-state index >= 15 is 0 Å². The molecule has 1 aromatic rings. The molecule has 1 aromatic heterocycles. The van der Waals surface area contributed by atoms with E-state index in [2.05, 4.69) is 0 Å². The van der Waals surface area contributed by atoms with E-state index in [1.165, 1.54) is 12.1 Å². The van der Waals surface area contributed by atoms with Crippen LogP contribution in [0.3, 0.4) is 0 Å². The van der Waals surface area contributed by atoms with Crippen molar-refractivity contribution in [3.8, 4) is 0 Å². The van der Waals surface area contributed by atoms with Crippen molar-refractivity contribution in [2.75, 3.05) is 0 Å². The van der Waals surface area contributed by atoms with E-state index in [0.29, 0.717) is 0 Å². The molecule has 2 rings (SSSR count). The summed E-state index contributed by atoms with van der Waals surface area (Å²) in [5, 5.41) is 3.55. The standard InChI is InChI=1S/C9H6N2O6S/c12-7-5(8(13)11-9(14)10-7)3-4-1-2-6(17-4)18(15)16/h1-3H,(H,15,16)(H2,10,11,12,13,14). The predicted octanol–water partition coefficient (Wildman–Crippen LogP) is -0.390. The minimum atomic E-state index is -2.29. The SMILES string of the molecule is O=C1NC(=O)C(=Cc2ccc(S(=O)O)o2)C(=O)N1. The van der Waals surface area contributed by atoms with Gasteiger partial charge in [0.2, 0.25) is 16.2 Å². The second kappa shape index (κ2) is 4.55. The number of urea groups is 1. The lowest BCUT2D eigenvalue weighted by Gasteiger charge is -2.13. The van der Waals surface area contributed by atoms with Crippen LogP contribution in [0.5, 0.6) is 0 Å². The van der Waals surface area contributed by atoms with Gasteiger partial charge in [-0.15, -0.1) is 0 Å². The molecule has 1 aliphatic heterocycles. The molecule has 9 heteroatoms. The lowest BCUT2D eigenvalue weighted by Crippen LogP contribution is -2.51. The highest BCUT2D eigenvalue weighted by molar-refractivity contribution is 7.79. The summed E-state index contributed by atoms with van der Waals surface area (Å²) < 4.78 is 24.3. The predicted molar refractivity (Wildman–Crippen MR) is 57.4 cm³/mol. The van der Waals surface area contributed by atoms with Crippen LogP contribution in [-0.4, -0.2) is 26.6 Å². The quantitative estimate of drug-likeness (QED) is 0.381. The molecule has 1 unspecified atom stereocenters. The van der Waals surface area contributed by atoms with Gasteiger partial charge in [-0.25, -0.2) is 9.00 Å². The number of imide groups is 2. The number of hydrogen-bond acceptors (Lipinski definition) is 5. The molecule has 8 nitrogen and oxygen atoms in total. The van der Waals surface area contributed by atoms with Crippen molar-refractivity contribution in [2.45, 2.75) is 5.09 Å². The van der Waals surface area contributed by atoms with Crippen molar-refractivity contribution in [2.24, 2.45) is 0 Å². The normalized spacial score (nSPS) is 17.2. The first kappa shape index (κ1) is 12.2. The van der Waals surface area contributed by atoms with E-state index in [-0.39, 0.29) is 16.4 Å². The maximum Gasteiger partial charge on any atom is 0.328 e.